The molecule has 5 rings (SSSR count). The molecule has 4 aromatic rings. The molecule has 3 heterocycles. The summed E-state index contributed by atoms with van der Waals surface area (Å²) in [4.78, 5) is 13.1. The number of nitrogens with one attached hydrogen (secondary N) is 2. The minimum atomic E-state index is -4.52. The van der Waals surface area contributed by atoms with E-state index in [0.717, 1.165) is 36.8 Å². The molecule has 1 aliphatic heterocycles. The van der Waals surface area contributed by atoms with Gasteiger partial charge in [-0.3, -0.25) is 4.98 Å². The molecule has 0 radical (unpaired) electrons. The normalized spacial score (nSPS) is 13.4. The lowest BCUT2D eigenvalue weighted by Gasteiger charge is -2.19. The monoisotopic (exact) mass is 465 g/mol. The van der Waals surface area contributed by atoms with Gasteiger partial charge in [-0.25, -0.2) is 9.97 Å². The molecule has 174 valence electrons. The lowest BCUT2D eigenvalue weighted by atomic mass is 10.0. The first-order chi connectivity index (χ1) is 16.4. The smallest absolute Gasteiger partial charge is 0.385 e. The Morgan fingerprint density at radius 3 is 2.79 bits per heavy atom. The first-order valence-electron chi connectivity index (χ1n) is 10.9. The van der Waals surface area contributed by atoms with Gasteiger partial charge in [0.25, 0.3) is 0 Å². The minimum Gasteiger partial charge on any atom is -0.385 e. The van der Waals surface area contributed by atoms with E-state index >= 15 is 0 Å². The fraction of sp³-hybridized carbons (Fsp3) is 0.240. The van der Waals surface area contributed by atoms with E-state index in [1.54, 1.807) is 18.2 Å². The number of ether oxygens (including phenoxy) is 1. The molecule has 0 saturated heterocycles. The van der Waals surface area contributed by atoms with Crippen molar-refractivity contribution in [3.8, 4) is 11.3 Å². The number of fused-ring (bicyclic) bond motifs is 2. The van der Waals surface area contributed by atoms with Crippen molar-refractivity contribution in [2.45, 2.75) is 25.6 Å². The average molecular weight is 465 g/mol. The summed E-state index contributed by atoms with van der Waals surface area (Å²) in [7, 11) is 1.54. The molecule has 2 aromatic carbocycles. The van der Waals surface area contributed by atoms with Crippen LogP contribution in [0.2, 0.25) is 0 Å². The highest BCUT2D eigenvalue weighted by molar-refractivity contribution is 5.93. The number of benzene rings is 2. The standard InChI is InChI=1S/C25H22F3N5O/c1-34-14-22-32-21-12-16(23-19(25(26,27)28)5-3-11-30-23)7-9-18(21)24(33-22)31-17-8-6-15-4-2-10-29-20(15)13-17/h3,5-9,11-13,29H,2,4,10,14H2,1H3,(H,31,32,33). The van der Waals surface area contributed by atoms with Gasteiger partial charge in [-0.2, -0.15) is 13.2 Å². The van der Waals surface area contributed by atoms with Crippen molar-refractivity contribution in [1.82, 2.24) is 15.0 Å². The summed E-state index contributed by atoms with van der Waals surface area (Å²) in [5.74, 6) is 0.972. The van der Waals surface area contributed by atoms with Gasteiger partial charge in [-0.05, 0) is 54.8 Å². The fourth-order valence-corrected chi connectivity index (χ4v) is 4.15. The molecular weight excluding hydrogens is 443 g/mol. The van der Waals surface area contributed by atoms with Crippen LogP contribution in [0.25, 0.3) is 22.2 Å². The van der Waals surface area contributed by atoms with E-state index < -0.39 is 11.7 Å². The van der Waals surface area contributed by atoms with Gasteiger partial charge in [-0.1, -0.05) is 12.1 Å². The number of nitrogens with zero attached hydrogens (tertiary/aromatic N) is 3. The Balaban J connectivity index is 1.59. The number of halogens is 3. The number of aromatic nitrogens is 3. The summed E-state index contributed by atoms with van der Waals surface area (Å²) in [6, 6.07) is 13.4. The van der Waals surface area contributed by atoms with E-state index in [2.05, 4.69) is 31.7 Å². The quantitative estimate of drug-likeness (QED) is 0.379. The number of hydrogen-bond donors (Lipinski definition) is 2. The molecule has 0 fully saturated rings. The van der Waals surface area contributed by atoms with E-state index in [4.69, 9.17) is 4.74 Å². The van der Waals surface area contributed by atoms with Crippen LogP contribution in [0.1, 0.15) is 23.4 Å². The zero-order valence-electron chi connectivity index (χ0n) is 18.4. The SMILES string of the molecule is COCc1nc(Nc2ccc3c(c2)NCCC3)c2ccc(-c3ncccc3C(F)(F)F)cc2n1. The number of methoxy groups -OCH3 is 1. The number of rotatable bonds is 5. The third-order valence-corrected chi connectivity index (χ3v) is 5.71. The predicted molar refractivity (Wildman–Crippen MR) is 125 cm³/mol. The maximum atomic E-state index is 13.5. The fourth-order valence-electron chi connectivity index (χ4n) is 4.15. The second-order valence-corrected chi connectivity index (χ2v) is 8.08. The Bertz CT molecular complexity index is 1360. The van der Waals surface area contributed by atoms with Crippen molar-refractivity contribution < 1.29 is 17.9 Å². The van der Waals surface area contributed by atoms with Crippen molar-refractivity contribution in [3.63, 3.8) is 0 Å². The molecule has 0 spiro atoms. The van der Waals surface area contributed by atoms with Crippen LogP contribution < -0.4 is 10.6 Å². The summed E-state index contributed by atoms with van der Waals surface area (Å²) in [6.07, 6.45) is -1.03. The summed E-state index contributed by atoms with van der Waals surface area (Å²) in [6.45, 7) is 1.10. The number of aryl methyl sites for hydroxylation is 1. The lowest BCUT2D eigenvalue weighted by molar-refractivity contribution is -0.137. The van der Waals surface area contributed by atoms with Crippen LogP contribution >= 0.6 is 0 Å². The van der Waals surface area contributed by atoms with Gasteiger partial charge in [0.05, 0.1) is 16.8 Å². The molecule has 0 amide bonds. The van der Waals surface area contributed by atoms with Crippen LogP contribution in [0.5, 0.6) is 0 Å². The van der Waals surface area contributed by atoms with E-state index in [1.165, 1.54) is 24.9 Å². The molecule has 2 N–H and O–H groups in total. The molecule has 0 aliphatic carbocycles. The van der Waals surface area contributed by atoms with Crippen LogP contribution in [0.4, 0.5) is 30.4 Å². The topological polar surface area (TPSA) is 72.0 Å². The highest BCUT2D eigenvalue weighted by atomic mass is 19.4. The molecule has 2 aromatic heterocycles. The third-order valence-electron chi connectivity index (χ3n) is 5.71. The molecule has 1 aliphatic rings. The van der Waals surface area contributed by atoms with E-state index in [9.17, 15) is 13.2 Å². The number of hydrogen-bond acceptors (Lipinski definition) is 6. The maximum absolute atomic E-state index is 13.5. The zero-order chi connectivity index (χ0) is 23.7. The van der Waals surface area contributed by atoms with Crippen molar-refractivity contribution in [3.05, 3.63) is 71.7 Å². The zero-order valence-corrected chi connectivity index (χ0v) is 18.4. The average Bonchev–Trinajstić information content (AvgIpc) is 2.83. The Morgan fingerprint density at radius 1 is 1.09 bits per heavy atom. The maximum Gasteiger partial charge on any atom is 0.418 e. The van der Waals surface area contributed by atoms with Crippen LogP contribution in [0.3, 0.4) is 0 Å². The second kappa shape index (κ2) is 8.90. The van der Waals surface area contributed by atoms with Gasteiger partial charge in [0, 0.05) is 42.2 Å². The van der Waals surface area contributed by atoms with Gasteiger partial charge in [-0.15, -0.1) is 0 Å². The van der Waals surface area contributed by atoms with Gasteiger partial charge in [0.15, 0.2) is 5.82 Å². The first-order valence-corrected chi connectivity index (χ1v) is 10.9. The predicted octanol–water partition coefficient (Wildman–Crippen LogP) is 5.96. The molecule has 0 bridgehead atoms. The van der Waals surface area contributed by atoms with Crippen LogP contribution in [0.15, 0.2) is 54.7 Å². The number of anilines is 3. The van der Waals surface area contributed by atoms with Crippen molar-refractivity contribution in [1.29, 1.82) is 0 Å². The van der Waals surface area contributed by atoms with Crippen molar-refractivity contribution in [2.75, 3.05) is 24.3 Å². The van der Waals surface area contributed by atoms with Crippen LogP contribution in [0, 0.1) is 0 Å². The molecule has 0 saturated carbocycles. The second-order valence-electron chi connectivity index (χ2n) is 8.08. The highest BCUT2D eigenvalue weighted by Crippen LogP contribution is 2.37. The van der Waals surface area contributed by atoms with Crippen molar-refractivity contribution >= 4 is 28.1 Å². The number of pyridine rings is 1. The van der Waals surface area contributed by atoms with E-state index in [1.807, 2.05) is 12.1 Å². The van der Waals surface area contributed by atoms with Gasteiger partial charge in [0.1, 0.15) is 12.4 Å². The third kappa shape index (κ3) is 4.38. The lowest BCUT2D eigenvalue weighted by Crippen LogP contribution is -2.11. The van der Waals surface area contributed by atoms with Gasteiger partial charge < -0.3 is 15.4 Å². The highest BCUT2D eigenvalue weighted by Gasteiger charge is 2.34. The molecule has 0 atom stereocenters. The summed E-state index contributed by atoms with van der Waals surface area (Å²) >= 11 is 0. The van der Waals surface area contributed by atoms with Crippen LogP contribution in [-0.2, 0) is 23.9 Å². The molecule has 9 heteroatoms. The van der Waals surface area contributed by atoms with Gasteiger partial charge >= 0.3 is 6.18 Å². The molecule has 34 heavy (non-hydrogen) atoms. The van der Waals surface area contributed by atoms with Gasteiger partial charge in [0.2, 0.25) is 0 Å². The Labute approximate surface area is 194 Å². The molecular formula is C25H22F3N5O. The Hall–Kier alpha value is -3.72. The molecule has 6 nitrogen and oxygen atoms in total. The Kier molecular flexibility index (Phi) is 5.79. The minimum absolute atomic E-state index is 0.140. The van der Waals surface area contributed by atoms with E-state index in [-0.39, 0.29) is 12.3 Å². The summed E-state index contributed by atoms with van der Waals surface area (Å²) in [5, 5.41) is 7.44. The Morgan fingerprint density at radius 2 is 1.97 bits per heavy atom. The van der Waals surface area contributed by atoms with Crippen molar-refractivity contribution in [2.24, 2.45) is 0 Å². The first kappa shape index (κ1) is 22.1. The molecule has 0 unspecified atom stereocenters. The largest absolute Gasteiger partial charge is 0.418 e. The summed E-state index contributed by atoms with van der Waals surface area (Å²) < 4.78 is 45.8. The van der Waals surface area contributed by atoms with E-state index in [0.29, 0.717) is 28.1 Å². The van der Waals surface area contributed by atoms with Crippen LogP contribution in [-0.4, -0.2) is 28.6 Å². The number of alkyl halides is 3. The summed E-state index contributed by atoms with van der Waals surface area (Å²) in [5.41, 5.74) is 3.10.